The summed E-state index contributed by atoms with van der Waals surface area (Å²) in [7, 11) is 0.452. The fourth-order valence-corrected chi connectivity index (χ4v) is 4.09. The second-order valence-corrected chi connectivity index (χ2v) is 8.17. The Morgan fingerprint density at radius 2 is 1.96 bits per heavy atom. The van der Waals surface area contributed by atoms with Gasteiger partial charge in [-0.25, -0.2) is 18.4 Å². The van der Waals surface area contributed by atoms with Crippen molar-refractivity contribution >= 4 is 15.8 Å². The predicted octanol–water partition coefficient (Wildman–Crippen LogP) is 1.31. The van der Waals surface area contributed by atoms with Crippen molar-refractivity contribution in [1.29, 1.82) is 0 Å². The number of nitrogens with zero attached hydrogens (tertiary/aromatic N) is 4. The van der Waals surface area contributed by atoms with E-state index in [9.17, 15) is 8.42 Å². The number of aromatic nitrogens is 2. The fraction of sp³-hybridized carbons (Fsp3) is 0.412. The normalized spacial score (nSPS) is 14.8. The third-order valence-corrected chi connectivity index (χ3v) is 5.90. The van der Waals surface area contributed by atoms with Gasteiger partial charge in [0, 0.05) is 26.2 Å². The molecule has 134 valence electrons. The summed E-state index contributed by atoms with van der Waals surface area (Å²) in [5, 5.41) is 0. The summed E-state index contributed by atoms with van der Waals surface area (Å²) in [5.41, 5.74) is 1.80. The Bertz CT molecular complexity index is 825. The summed E-state index contributed by atoms with van der Waals surface area (Å²) < 4.78 is 32.2. The highest BCUT2D eigenvalue weighted by molar-refractivity contribution is 7.89. The van der Waals surface area contributed by atoms with Crippen LogP contribution in [0.4, 0.5) is 5.82 Å². The van der Waals surface area contributed by atoms with Crippen LogP contribution in [0.3, 0.4) is 0 Å². The first-order chi connectivity index (χ1) is 12.0. The van der Waals surface area contributed by atoms with Gasteiger partial charge in [0.1, 0.15) is 24.5 Å². The molecule has 0 bridgehead atoms. The smallest absolute Gasteiger partial charge is 0.217 e. The van der Waals surface area contributed by atoms with E-state index in [2.05, 4.69) is 9.97 Å². The lowest BCUT2D eigenvalue weighted by Crippen LogP contribution is -2.39. The summed E-state index contributed by atoms with van der Waals surface area (Å²) in [6, 6.07) is 9.21. The van der Waals surface area contributed by atoms with Crippen molar-refractivity contribution in [2.24, 2.45) is 0 Å². The van der Waals surface area contributed by atoms with Gasteiger partial charge in [0.2, 0.25) is 10.0 Å². The van der Waals surface area contributed by atoms with Crippen LogP contribution in [0.2, 0.25) is 0 Å². The van der Waals surface area contributed by atoms with Gasteiger partial charge >= 0.3 is 0 Å². The van der Waals surface area contributed by atoms with Crippen molar-refractivity contribution in [2.45, 2.75) is 13.0 Å². The van der Waals surface area contributed by atoms with Crippen LogP contribution in [0.15, 0.2) is 36.7 Å². The summed E-state index contributed by atoms with van der Waals surface area (Å²) >= 11 is 0. The van der Waals surface area contributed by atoms with Gasteiger partial charge in [-0.15, -0.1) is 0 Å². The summed E-state index contributed by atoms with van der Waals surface area (Å²) in [6.45, 7) is 0.851. The van der Waals surface area contributed by atoms with Crippen LogP contribution >= 0.6 is 0 Å². The maximum absolute atomic E-state index is 12.6. The molecular formula is C17H22N4O3S. The minimum atomic E-state index is -3.39. The van der Waals surface area contributed by atoms with E-state index in [1.165, 1.54) is 10.6 Å². The Balaban J connectivity index is 1.65. The molecule has 0 saturated carbocycles. The average Bonchev–Trinajstić information content (AvgIpc) is 2.61. The molecule has 7 nitrogen and oxygen atoms in total. The molecule has 2 aromatic rings. The van der Waals surface area contributed by atoms with Gasteiger partial charge < -0.3 is 9.64 Å². The maximum atomic E-state index is 12.6. The molecule has 1 aromatic carbocycles. The van der Waals surface area contributed by atoms with Crippen molar-refractivity contribution in [1.82, 2.24) is 14.3 Å². The molecule has 8 heteroatoms. The van der Waals surface area contributed by atoms with Gasteiger partial charge in [0.15, 0.2) is 0 Å². The highest BCUT2D eigenvalue weighted by Crippen LogP contribution is 2.25. The molecule has 0 N–H and O–H groups in total. The first kappa shape index (κ1) is 17.6. The molecule has 0 fully saturated rings. The molecule has 1 aliphatic heterocycles. The number of sulfonamides is 1. The molecule has 2 heterocycles. The Hall–Kier alpha value is -2.19. The minimum absolute atomic E-state index is 0.0527. The number of benzene rings is 1. The van der Waals surface area contributed by atoms with Crippen molar-refractivity contribution in [3.8, 4) is 5.75 Å². The van der Waals surface area contributed by atoms with E-state index in [1.807, 2.05) is 49.3 Å². The van der Waals surface area contributed by atoms with E-state index in [4.69, 9.17) is 4.74 Å². The van der Waals surface area contributed by atoms with Gasteiger partial charge in [0.05, 0.1) is 18.0 Å². The van der Waals surface area contributed by atoms with E-state index < -0.39 is 10.0 Å². The Morgan fingerprint density at radius 3 is 2.68 bits per heavy atom. The lowest BCUT2D eigenvalue weighted by molar-refractivity contribution is 0.330. The SMILES string of the molecule is CN(C)c1ncnc2c1CCN(S(=O)(=O)CCOc1ccccc1)C2. The average molecular weight is 362 g/mol. The second kappa shape index (κ2) is 7.37. The quantitative estimate of drug-likeness (QED) is 0.771. The van der Waals surface area contributed by atoms with Gasteiger partial charge in [-0.2, -0.15) is 4.31 Å². The molecule has 0 unspecified atom stereocenters. The van der Waals surface area contributed by atoms with Crippen LogP contribution in [0, 0.1) is 0 Å². The number of rotatable bonds is 6. The number of hydrogen-bond donors (Lipinski definition) is 0. The lowest BCUT2D eigenvalue weighted by Gasteiger charge is -2.29. The predicted molar refractivity (Wildman–Crippen MR) is 96.2 cm³/mol. The van der Waals surface area contributed by atoms with Crippen LogP contribution in [-0.4, -0.2) is 55.7 Å². The van der Waals surface area contributed by atoms with Crippen molar-refractivity contribution in [3.05, 3.63) is 47.9 Å². The van der Waals surface area contributed by atoms with Crippen LogP contribution in [0.1, 0.15) is 11.3 Å². The standard InChI is InChI=1S/C17H22N4O3S/c1-20(2)17-15-8-9-21(12-16(15)18-13-19-17)25(22,23)11-10-24-14-6-4-3-5-7-14/h3-7,13H,8-12H2,1-2H3. The van der Waals surface area contributed by atoms with E-state index >= 15 is 0 Å². The number of hydrogen-bond acceptors (Lipinski definition) is 6. The summed E-state index contributed by atoms with van der Waals surface area (Å²) in [6.07, 6.45) is 2.10. The third kappa shape index (κ3) is 4.08. The molecule has 0 saturated heterocycles. The molecule has 0 amide bonds. The molecule has 25 heavy (non-hydrogen) atoms. The van der Waals surface area contributed by atoms with Crippen LogP contribution < -0.4 is 9.64 Å². The Labute approximate surface area is 148 Å². The molecule has 0 atom stereocenters. The zero-order chi connectivity index (χ0) is 17.9. The molecule has 3 rings (SSSR count). The maximum Gasteiger partial charge on any atom is 0.217 e. The largest absolute Gasteiger partial charge is 0.492 e. The summed E-state index contributed by atoms with van der Waals surface area (Å²) in [4.78, 5) is 10.5. The van der Waals surface area contributed by atoms with Gasteiger partial charge in [-0.1, -0.05) is 18.2 Å². The summed E-state index contributed by atoms with van der Waals surface area (Å²) in [5.74, 6) is 1.47. The topological polar surface area (TPSA) is 75.6 Å². The number of fused-ring (bicyclic) bond motifs is 1. The molecule has 0 radical (unpaired) electrons. The molecule has 0 spiro atoms. The van der Waals surface area contributed by atoms with E-state index in [0.717, 1.165) is 17.1 Å². The third-order valence-electron chi connectivity index (χ3n) is 4.12. The number of ether oxygens (including phenoxy) is 1. The molecule has 0 aliphatic carbocycles. The number of para-hydroxylation sites is 1. The van der Waals surface area contributed by atoms with Crippen molar-refractivity contribution in [3.63, 3.8) is 0 Å². The van der Waals surface area contributed by atoms with Crippen LogP contribution in [-0.2, 0) is 23.0 Å². The van der Waals surface area contributed by atoms with Crippen molar-refractivity contribution < 1.29 is 13.2 Å². The highest BCUT2D eigenvalue weighted by Gasteiger charge is 2.29. The highest BCUT2D eigenvalue weighted by atomic mass is 32.2. The van der Waals surface area contributed by atoms with Gasteiger partial charge in [-0.05, 0) is 18.6 Å². The van der Waals surface area contributed by atoms with E-state index in [-0.39, 0.29) is 18.9 Å². The molecule has 1 aliphatic rings. The Kier molecular flexibility index (Phi) is 5.19. The van der Waals surface area contributed by atoms with E-state index in [0.29, 0.717) is 18.7 Å². The second-order valence-electron chi connectivity index (χ2n) is 6.08. The first-order valence-corrected chi connectivity index (χ1v) is 9.74. The zero-order valence-electron chi connectivity index (χ0n) is 14.4. The monoisotopic (exact) mass is 362 g/mol. The van der Waals surface area contributed by atoms with Gasteiger partial charge in [-0.3, -0.25) is 0 Å². The van der Waals surface area contributed by atoms with Crippen molar-refractivity contribution in [2.75, 3.05) is 37.9 Å². The fourth-order valence-electron chi connectivity index (χ4n) is 2.85. The molecule has 1 aromatic heterocycles. The molecular weight excluding hydrogens is 340 g/mol. The van der Waals surface area contributed by atoms with Crippen LogP contribution in [0.5, 0.6) is 5.75 Å². The lowest BCUT2D eigenvalue weighted by atomic mass is 10.1. The van der Waals surface area contributed by atoms with Gasteiger partial charge in [0.25, 0.3) is 0 Å². The minimum Gasteiger partial charge on any atom is -0.492 e. The Morgan fingerprint density at radius 1 is 1.20 bits per heavy atom. The zero-order valence-corrected chi connectivity index (χ0v) is 15.2. The number of anilines is 1. The van der Waals surface area contributed by atoms with Crippen LogP contribution in [0.25, 0.3) is 0 Å². The first-order valence-electron chi connectivity index (χ1n) is 8.13. The van der Waals surface area contributed by atoms with E-state index in [1.54, 1.807) is 0 Å².